The van der Waals surface area contributed by atoms with Gasteiger partial charge in [0.25, 0.3) is 0 Å². The Morgan fingerprint density at radius 2 is 2.10 bits per heavy atom. The summed E-state index contributed by atoms with van der Waals surface area (Å²) in [6.07, 6.45) is 1.04. The third-order valence-electron chi connectivity index (χ3n) is 3.83. The first kappa shape index (κ1) is 15.2. The lowest BCUT2D eigenvalue weighted by Gasteiger charge is -2.38. The highest BCUT2D eigenvalue weighted by molar-refractivity contribution is 5.30. The second-order valence-electron chi connectivity index (χ2n) is 5.68. The Balaban J connectivity index is 2.09. The number of hydrogen-bond donors (Lipinski definition) is 1. The summed E-state index contributed by atoms with van der Waals surface area (Å²) in [6.45, 7) is 3.30. The van der Waals surface area contributed by atoms with E-state index < -0.39 is 6.61 Å². The zero-order chi connectivity index (χ0) is 14.7. The molecule has 3 atom stereocenters. The Hall–Kier alpha value is -1.20. The maximum absolute atomic E-state index is 12.3. The minimum Gasteiger partial charge on any atom is -0.435 e. The Kier molecular flexibility index (Phi) is 4.94. The Morgan fingerprint density at radius 1 is 1.35 bits per heavy atom. The summed E-state index contributed by atoms with van der Waals surface area (Å²) in [6, 6.07) is 7.24. The highest BCUT2D eigenvalue weighted by Crippen LogP contribution is 2.28. The van der Waals surface area contributed by atoms with E-state index in [9.17, 15) is 8.78 Å². The molecule has 1 fully saturated rings. The van der Waals surface area contributed by atoms with Crippen LogP contribution >= 0.6 is 0 Å². The zero-order valence-electron chi connectivity index (χ0n) is 11.9. The van der Waals surface area contributed by atoms with E-state index in [0.717, 1.165) is 25.1 Å². The molecule has 1 aromatic carbocycles. The number of rotatable bonds is 4. The predicted octanol–water partition coefficient (Wildman–Crippen LogP) is 3.02. The van der Waals surface area contributed by atoms with Gasteiger partial charge in [0.15, 0.2) is 0 Å². The van der Waals surface area contributed by atoms with Gasteiger partial charge in [-0.2, -0.15) is 8.78 Å². The van der Waals surface area contributed by atoms with E-state index in [1.165, 1.54) is 0 Å². The number of nitrogens with two attached hydrogens (primary N) is 1. The molecule has 1 saturated heterocycles. The van der Waals surface area contributed by atoms with Gasteiger partial charge in [0, 0.05) is 25.2 Å². The molecule has 0 bridgehead atoms. The van der Waals surface area contributed by atoms with Crippen molar-refractivity contribution in [1.29, 1.82) is 0 Å². The van der Waals surface area contributed by atoms with Crippen molar-refractivity contribution in [2.45, 2.75) is 39.0 Å². The number of ether oxygens (including phenoxy) is 1. The SMILES string of the molecule is CC1CC(N)CN(C(C)c2cccc(OC(F)F)c2)C1. The van der Waals surface area contributed by atoms with Crippen LogP contribution in [0.25, 0.3) is 0 Å². The Labute approximate surface area is 118 Å². The summed E-state index contributed by atoms with van der Waals surface area (Å²) in [5.41, 5.74) is 7.04. The van der Waals surface area contributed by atoms with Crippen LogP contribution in [-0.2, 0) is 0 Å². The van der Waals surface area contributed by atoms with Crippen molar-refractivity contribution in [3.05, 3.63) is 29.8 Å². The molecule has 2 rings (SSSR count). The van der Waals surface area contributed by atoms with Crippen molar-refractivity contribution in [3.63, 3.8) is 0 Å². The van der Waals surface area contributed by atoms with Crippen LogP contribution in [0, 0.1) is 5.92 Å². The number of nitrogens with zero attached hydrogens (tertiary/aromatic N) is 1. The highest BCUT2D eigenvalue weighted by atomic mass is 19.3. The van der Waals surface area contributed by atoms with Crippen molar-refractivity contribution in [2.24, 2.45) is 11.7 Å². The summed E-state index contributed by atoms with van der Waals surface area (Å²) in [5, 5.41) is 0. The number of alkyl halides is 2. The molecule has 0 aliphatic carbocycles. The van der Waals surface area contributed by atoms with Crippen LogP contribution in [0.5, 0.6) is 5.75 Å². The molecular formula is C15H22F2N2O. The predicted molar refractivity (Wildman–Crippen MR) is 74.8 cm³/mol. The van der Waals surface area contributed by atoms with E-state index in [0.29, 0.717) is 5.92 Å². The van der Waals surface area contributed by atoms with Gasteiger partial charge in [-0.1, -0.05) is 19.1 Å². The number of hydrogen-bond acceptors (Lipinski definition) is 3. The second kappa shape index (κ2) is 6.50. The molecule has 0 aromatic heterocycles. The van der Waals surface area contributed by atoms with Gasteiger partial charge in [-0.3, -0.25) is 4.90 Å². The van der Waals surface area contributed by atoms with E-state index in [-0.39, 0.29) is 17.8 Å². The molecular weight excluding hydrogens is 262 g/mol. The van der Waals surface area contributed by atoms with Gasteiger partial charge in [-0.05, 0) is 37.0 Å². The summed E-state index contributed by atoms with van der Waals surface area (Å²) in [4.78, 5) is 2.31. The quantitative estimate of drug-likeness (QED) is 0.923. The third kappa shape index (κ3) is 3.90. The molecule has 1 aliphatic rings. The van der Waals surface area contributed by atoms with E-state index in [4.69, 9.17) is 5.73 Å². The first-order valence-electron chi connectivity index (χ1n) is 7.00. The lowest BCUT2D eigenvalue weighted by molar-refractivity contribution is -0.0499. The maximum atomic E-state index is 12.3. The minimum absolute atomic E-state index is 0.144. The minimum atomic E-state index is -2.79. The van der Waals surface area contributed by atoms with Crippen LogP contribution < -0.4 is 10.5 Å². The highest BCUT2D eigenvalue weighted by Gasteiger charge is 2.26. The molecule has 112 valence electrons. The maximum Gasteiger partial charge on any atom is 0.387 e. The largest absolute Gasteiger partial charge is 0.435 e. The summed E-state index contributed by atoms with van der Waals surface area (Å²) in [5.74, 6) is 0.764. The third-order valence-corrected chi connectivity index (χ3v) is 3.83. The summed E-state index contributed by atoms with van der Waals surface area (Å²) in [7, 11) is 0. The van der Waals surface area contributed by atoms with Gasteiger partial charge >= 0.3 is 6.61 Å². The molecule has 1 aliphatic heterocycles. The molecule has 1 aromatic rings. The molecule has 0 spiro atoms. The number of likely N-dealkylation sites (tertiary alicyclic amines) is 1. The monoisotopic (exact) mass is 284 g/mol. The lowest BCUT2D eigenvalue weighted by atomic mass is 9.94. The summed E-state index contributed by atoms with van der Waals surface area (Å²) >= 11 is 0. The fourth-order valence-corrected chi connectivity index (χ4v) is 2.92. The van der Waals surface area contributed by atoms with Gasteiger partial charge in [-0.15, -0.1) is 0 Å². The van der Waals surface area contributed by atoms with Gasteiger partial charge in [0.2, 0.25) is 0 Å². The van der Waals surface area contributed by atoms with Gasteiger partial charge in [0.1, 0.15) is 5.75 Å². The van der Waals surface area contributed by atoms with Crippen LogP contribution in [-0.4, -0.2) is 30.6 Å². The molecule has 2 N–H and O–H groups in total. The standard InChI is InChI=1S/C15H22F2N2O/c1-10-6-13(18)9-19(8-10)11(2)12-4-3-5-14(7-12)20-15(16)17/h3-5,7,10-11,13,15H,6,8-9,18H2,1-2H3. The number of piperidine rings is 1. The molecule has 0 saturated carbocycles. The van der Waals surface area contributed by atoms with Crippen molar-refractivity contribution >= 4 is 0 Å². The summed E-state index contributed by atoms with van der Waals surface area (Å²) < 4.78 is 29.0. The zero-order valence-corrected chi connectivity index (χ0v) is 11.9. The molecule has 20 heavy (non-hydrogen) atoms. The molecule has 1 heterocycles. The van der Waals surface area contributed by atoms with E-state index >= 15 is 0 Å². The van der Waals surface area contributed by atoms with Crippen molar-refractivity contribution < 1.29 is 13.5 Å². The normalized spacial score (nSPS) is 25.7. The van der Waals surface area contributed by atoms with Crippen LogP contribution in [0.15, 0.2) is 24.3 Å². The van der Waals surface area contributed by atoms with Crippen LogP contribution in [0.1, 0.15) is 31.9 Å². The van der Waals surface area contributed by atoms with Gasteiger partial charge < -0.3 is 10.5 Å². The van der Waals surface area contributed by atoms with Crippen molar-refractivity contribution in [1.82, 2.24) is 4.90 Å². The number of halogens is 2. The van der Waals surface area contributed by atoms with E-state index in [1.54, 1.807) is 18.2 Å². The first-order chi connectivity index (χ1) is 9.45. The first-order valence-corrected chi connectivity index (χ1v) is 7.00. The van der Waals surface area contributed by atoms with Gasteiger partial charge in [0.05, 0.1) is 0 Å². The fourth-order valence-electron chi connectivity index (χ4n) is 2.92. The number of benzene rings is 1. The van der Waals surface area contributed by atoms with Crippen LogP contribution in [0.3, 0.4) is 0 Å². The van der Waals surface area contributed by atoms with Gasteiger partial charge in [-0.25, -0.2) is 0 Å². The van der Waals surface area contributed by atoms with Crippen LogP contribution in [0.2, 0.25) is 0 Å². The Morgan fingerprint density at radius 3 is 2.75 bits per heavy atom. The molecule has 0 radical (unpaired) electrons. The molecule has 0 amide bonds. The molecule has 3 nitrogen and oxygen atoms in total. The molecule has 3 unspecified atom stereocenters. The van der Waals surface area contributed by atoms with E-state index in [1.807, 2.05) is 6.07 Å². The lowest BCUT2D eigenvalue weighted by Crippen LogP contribution is -2.47. The second-order valence-corrected chi connectivity index (χ2v) is 5.68. The average Bonchev–Trinajstić information content (AvgIpc) is 2.36. The Bertz CT molecular complexity index is 432. The van der Waals surface area contributed by atoms with Crippen molar-refractivity contribution in [3.8, 4) is 5.75 Å². The fraction of sp³-hybridized carbons (Fsp3) is 0.600. The van der Waals surface area contributed by atoms with Crippen LogP contribution in [0.4, 0.5) is 8.78 Å². The van der Waals surface area contributed by atoms with Crippen molar-refractivity contribution in [2.75, 3.05) is 13.1 Å². The average molecular weight is 284 g/mol. The molecule has 5 heteroatoms. The van der Waals surface area contributed by atoms with E-state index in [2.05, 4.69) is 23.5 Å². The topological polar surface area (TPSA) is 38.5 Å². The smallest absolute Gasteiger partial charge is 0.387 e.